The Hall–Kier alpha value is -2.69. The Kier molecular flexibility index (Phi) is 9.67. The molecule has 4 rings (SSSR count). The van der Waals surface area contributed by atoms with Crippen LogP contribution in [0.5, 0.6) is 0 Å². The summed E-state index contributed by atoms with van der Waals surface area (Å²) in [7, 11) is -0.446. The fourth-order valence-electron chi connectivity index (χ4n) is 4.50. The van der Waals surface area contributed by atoms with Gasteiger partial charge in [-0.25, -0.2) is 0 Å². The molecule has 34 heavy (non-hydrogen) atoms. The summed E-state index contributed by atoms with van der Waals surface area (Å²) < 4.78 is 0. The van der Waals surface area contributed by atoms with Gasteiger partial charge in [0, 0.05) is 0 Å². The highest BCUT2D eigenvalue weighted by Crippen LogP contribution is 2.40. The molecule has 0 nitrogen and oxygen atoms in total. The highest BCUT2D eigenvalue weighted by molar-refractivity contribution is 7.79. The number of rotatable bonds is 5. The van der Waals surface area contributed by atoms with Crippen molar-refractivity contribution in [3.63, 3.8) is 0 Å². The Morgan fingerprint density at radius 2 is 1.21 bits per heavy atom. The molecule has 0 radical (unpaired) electrons. The lowest BCUT2D eigenvalue weighted by atomic mass is 9.72. The van der Waals surface area contributed by atoms with Crippen LogP contribution in [0.2, 0.25) is 0 Å². The third-order valence-electron chi connectivity index (χ3n) is 6.55. The highest BCUT2D eigenvalue weighted by atomic mass is 31.1. The predicted octanol–water partition coefficient (Wildman–Crippen LogP) is 8.48. The first-order valence-corrected chi connectivity index (χ1v) is 13.7. The van der Waals surface area contributed by atoms with Crippen molar-refractivity contribution in [2.75, 3.05) is 0 Å². The number of benzene rings is 3. The Labute approximate surface area is 208 Å². The van der Waals surface area contributed by atoms with E-state index in [9.17, 15) is 0 Å². The van der Waals surface area contributed by atoms with Crippen LogP contribution in [-0.2, 0) is 0 Å². The monoisotopic (exact) mass is 466 g/mol. The molecule has 0 atom stereocenters. The summed E-state index contributed by atoms with van der Waals surface area (Å²) in [5.74, 6) is 0. The molecule has 3 aromatic rings. The van der Waals surface area contributed by atoms with Crippen LogP contribution in [0.25, 0.3) is 0 Å². The summed E-state index contributed by atoms with van der Waals surface area (Å²) in [6.45, 7) is 11.3. The maximum Gasteiger partial charge on any atom is -0.0104 e. The van der Waals surface area contributed by atoms with Gasteiger partial charge in [-0.2, -0.15) is 0 Å². The van der Waals surface area contributed by atoms with Crippen LogP contribution in [0.1, 0.15) is 53.9 Å². The van der Waals surface area contributed by atoms with Gasteiger partial charge in [-0.1, -0.05) is 134 Å². The van der Waals surface area contributed by atoms with Crippen molar-refractivity contribution in [3.05, 3.63) is 126 Å². The average Bonchev–Trinajstić information content (AvgIpc) is 2.86. The van der Waals surface area contributed by atoms with Crippen molar-refractivity contribution in [1.82, 2.24) is 0 Å². The van der Waals surface area contributed by atoms with Crippen molar-refractivity contribution in [1.29, 1.82) is 0 Å². The van der Waals surface area contributed by atoms with E-state index in [0.717, 1.165) is 0 Å². The summed E-state index contributed by atoms with van der Waals surface area (Å²) >= 11 is 0. The normalized spacial score (nSPS) is 15.9. The zero-order valence-corrected chi connectivity index (χ0v) is 22.4. The van der Waals surface area contributed by atoms with Crippen LogP contribution in [-0.4, -0.2) is 0 Å². The van der Waals surface area contributed by atoms with E-state index in [1.165, 1.54) is 40.7 Å². The molecular formula is C33H39P. The van der Waals surface area contributed by atoms with Gasteiger partial charge in [-0.15, -0.1) is 0 Å². The third-order valence-corrected chi connectivity index (χ3v) is 9.00. The molecule has 0 aliphatic heterocycles. The number of allylic oxidation sites excluding steroid dienone is 6. The summed E-state index contributed by atoms with van der Waals surface area (Å²) in [6, 6.07) is 32.3. The molecule has 1 heteroatoms. The van der Waals surface area contributed by atoms with Crippen molar-refractivity contribution >= 4 is 23.8 Å². The summed E-state index contributed by atoms with van der Waals surface area (Å²) in [4.78, 5) is 0. The van der Waals surface area contributed by atoms with Crippen molar-refractivity contribution in [3.8, 4) is 0 Å². The zero-order valence-electron chi connectivity index (χ0n) is 21.5. The van der Waals surface area contributed by atoms with Crippen LogP contribution < -0.4 is 15.9 Å². The Bertz CT molecular complexity index is 1010. The molecule has 0 fully saturated rings. The van der Waals surface area contributed by atoms with Crippen LogP contribution in [0.3, 0.4) is 0 Å². The fourth-order valence-corrected chi connectivity index (χ4v) is 6.81. The van der Waals surface area contributed by atoms with E-state index in [4.69, 9.17) is 0 Å². The van der Waals surface area contributed by atoms with Gasteiger partial charge in [-0.05, 0) is 74.9 Å². The Balaban J connectivity index is 0.000000197. The lowest BCUT2D eigenvalue weighted by molar-refractivity contribution is 0.377. The van der Waals surface area contributed by atoms with E-state index in [1.807, 2.05) is 0 Å². The van der Waals surface area contributed by atoms with Crippen molar-refractivity contribution in [2.45, 2.75) is 53.9 Å². The molecule has 3 aromatic carbocycles. The smallest absolute Gasteiger partial charge is 0.0104 e. The molecule has 0 saturated carbocycles. The second-order valence-electron chi connectivity index (χ2n) is 9.64. The second-order valence-corrected chi connectivity index (χ2v) is 11.9. The Morgan fingerprint density at radius 3 is 1.59 bits per heavy atom. The number of hydrogen-bond acceptors (Lipinski definition) is 0. The summed E-state index contributed by atoms with van der Waals surface area (Å²) in [6.07, 6.45) is 10.7. The van der Waals surface area contributed by atoms with Crippen molar-refractivity contribution < 1.29 is 0 Å². The molecule has 0 saturated heterocycles. The second kappa shape index (κ2) is 12.7. The minimum atomic E-state index is -0.446. The van der Waals surface area contributed by atoms with Crippen LogP contribution in [0.4, 0.5) is 0 Å². The third kappa shape index (κ3) is 7.15. The van der Waals surface area contributed by atoms with E-state index >= 15 is 0 Å². The average molecular weight is 467 g/mol. The predicted molar refractivity (Wildman–Crippen MR) is 154 cm³/mol. The van der Waals surface area contributed by atoms with Gasteiger partial charge in [-0.3, -0.25) is 0 Å². The molecule has 0 amide bonds. The minimum absolute atomic E-state index is 0.368. The topological polar surface area (TPSA) is 0 Å². The lowest BCUT2D eigenvalue weighted by Crippen LogP contribution is -2.20. The minimum Gasteiger partial charge on any atom is -0.0847 e. The van der Waals surface area contributed by atoms with Crippen LogP contribution in [0.15, 0.2) is 126 Å². The molecule has 0 N–H and O–H groups in total. The van der Waals surface area contributed by atoms with Gasteiger partial charge in [0.1, 0.15) is 0 Å². The van der Waals surface area contributed by atoms with Gasteiger partial charge >= 0.3 is 0 Å². The molecule has 0 heterocycles. The first-order chi connectivity index (χ1) is 16.4. The quantitative estimate of drug-likeness (QED) is 0.261. The van der Waals surface area contributed by atoms with E-state index < -0.39 is 7.92 Å². The highest BCUT2D eigenvalue weighted by Gasteiger charge is 2.26. The fraction of sp³-hybridized carbons (Fsp3) is 0.273. The zero-order chi connectivity index (χ0) is 24.4. The molecule has 1 aliphatic rings. The molecule has 0 bridgehead atoms. The van der Waals surface area contributed by atoms with E-state index in [-0.39, 0.29) is 0 Å². The molecule has 0 unspecified atom stereocenters. The Morgan fingerprint density at radius 1 is 0.765 bits per heavy atom. The SMILES string of the molecule is CC=C(C)C=CC1=C(C)CCCC1(C)C.c1ccc(P(c2ccccc2)c2ccccc2)cc1. The first kappa shape index (κ1) is 25.9. The summed E-state index contributed by atoms with van der Waals surface area (Å²) in [5.41, 5.74) is 4.84. The maximum atomic E-state index is 2.36. The van der Waals surface area contributed by atoms with Gasteiger partial charge in [0.05, 0.1) is 0 Å². The van der Waals surface area contributed by atoms with Crippen LogP contribution >= 0.6 is 7.92 Å². The van der Waals surface area contributed by atoms with Gasteiger partial charge < -0.3 is 0 Å². The summed E-state index contributed by atoms with van der Waals surface area (Å²) in [5, 5.41) is 4.19. The van der Waals surface area contributed by atoms with E-state index in [1.54, 1.807) is 11.1 Å². The molecule has 176 valence electrons. The molecule has 0 spiro atoms. The van der Waals surface area contributed by atoms with Gasteiger partial charge in [0.25, 0.3) is 0 Å². The van der Waals surface area contributed by atoms with Gasteiger partial charge in [0.2, 0.25) is 0 Å². The van der Waals surface area contributed by atoms with E-state index in [2.05, 4.69) is 144 Å². The molecule has 1 aliphatic carbocycles. The maximum absolute atomic E-state index is 2.36. The van der Waals surface area contributed by atoms with Crippen molar-refractivity contribution in [2.24, 2.45) is 5.41 Å². The van der Waals surface area contributed by atoms with Crippen LogP contribution in [0, 0.1) is 5.41 Å². The van der Waals surface area contributed by atoms with Gasteiger partial charge in [0.15, 0.2) is 0 Å². The first-order valence-electron chi connectivity index (χ1n) is 12.4. The van der Waals surface area contributed by atoms with E-state index in [0.29, 0.717) is 5.41 Å². The molecule has 0 aromatic heterocycles. The largest absolute Gasteiger partial charge is 0.0847 e. The number of hydrogen-bond donors (Lipinski definition) is 0. The lowest BCUT2D eigenvalue weighted by Gasteiger charge is -2.32. The standard InChI is InChI=1S/C18H15P.C15H24/c1-4-10-16(11-5-1)19(17-12-6-2-7-13-17)18-14-8-3-9-15-18;1-6-12(2)9-10-14-13(3)8-7-11-15(14,4)5/h1-15H;6,9-10H,7-8,11H2,1-5H3. The molecular weight excluding hydrogens is 427 g/mol.